The van der Waals surface area contributed by atoms with Crippen molar-refractivity contribution >= 4 is 23.2 Å². The molecule has 0 radical (unpaired) electrons. The van der Waals surface area contributed by atoms with E-state index in [4.69, 9.17) is 33.7 Å². The average molecular weight is 322 g/mol. The van der Waals surface area contributed by atoms with E-state index < -0.39 is 0 Å². The van der Waals surface area contributed by atoms with Gasteiger partial charge in [-0.05, 0) is 29.3 Å². The summed E-state index contributed by atoms with van der Waals surface area (Å²) in [6, 6.07) is 11.3. The van der Waals surface area contributed by atoms with Gasteiger partial charge in [0.05, 0.1) is 22.7 Å². The third-order valence-corrected chi connectivity index (χ3v) is 4.83. The Balaban J connectivity index is 2.03. The lowest BCUT2D eigenvalue weighted by molar-refractivity contribution is 0.291. The summed E-state index contributed by atoms with van der Waals surface area (Å²) >= 11 is 12.4. The molecule has 0 aromatic heterocycles. The van der Waals surface area contributed by atoms with E-state index in [-0.39, 0.29) is 11.5 Å². The van der Waals surface area contributed by atoms with Crippen LogP contribution in [-0.2, 0) is 5.41 Å². The highest BCUT2D eigenvalue weighted by atomic mass is 35.5. The molecule has 1 unspecified atom stereocenters. The van der Waals surface area contributed by atoms with Crippen molar-refractivity contribution in [3.05, 3.63) is 63.1 Å². The van der Waals surface area contributed by atoms with E-state index in [1.807, 2.05) is 24.3 Å². The molecule has 2 nitrogen and oxygen atoms in total. The van der Waals surface area contributed by atoms with Crippen LogP contribution >= 0.6 is 23.2 Å². The third-order valence-electron chi connectivity index (χ3n) is 4.00. The molecule has 1 atom stereocenters. The Morgan fingerprint density at radius 2 is 1.95 bits per heavy atom. The lowest BCUT2D eigenvalue weighted by Crippen LogP contribution is -2.19. The number of ether oxygens (including phenoxy) is 1. The Morgan fingerprint density at radius 3 is 2.71 bits per heavy atom. The first-order chi connectivity index (χ1) is 9.90. The number of fused-ring (bicyclic) bond motifs is 1. The molecule has 0 fully saturated rings. The van der Waals surface area contributed by atoms with Crippen LogP contribution in [0.1, 0.15) is 36.6 Å². The van der Waals surface area contributed by atoms with Gasteiger partial charge in [0.2, 0.25) is 0 Å². The molecule has 2 N–H and O–H groups in total. The van der Waals surface area contributed by atoms with E-state index >= 15 is 0 Å². The van der Waals surface area contributed by atoms with Gasteiger partial charge in [-0.1, -0.05) is 55.2 Å². The standard InChI is InChI=1S/C17H17Cl2NO/c1-17(2)9-21-14-7-6-10(8-12(14)17)16(20)11-4-3-5-13(18)15(11)19/h3-8,16H,9,20H2,1-2H3. The number of hydrogen-bond donors (Lipinski definition) is 1. The maximum atomic E-state index is 6.38. The van der Waals surface area contributed by atoms with Crippen molar-refractivity contribution < 1.29 is 4.74 Å². The van der Waals surface area contributed by atoms with Crippen LogP contribution in [0.5, 0.6) is 5.75 Å². The van der Waals surface area contributed by atoms with Crippen molar-refractivity contribution in [2.45, 2.75) is 25.3 Å². The number of nitrogens with two attached hydrogens (primary N) is 1. The van der Waals surface area contributed by atoms with Gasteiger partial charge in [0.1, 0.15) is 5.75 Å². The van der Waals surface area contributed by atoms with E-state index in [1.165, 1.54) is 5.56 Å². The minimum Gasteiger partial charge on any atom is -0.492 e. The minimum absolute atomic E-state index is 0.00317. The van der Waals surface area contributed by atoms with Gasteiger partial charge in [-0.3, -0.25) is 0 Å². The van der Waals surface area contributed by atoms with Crippen molar-refractivity contribution in [1.82, 2.24) is 0 Å². The number of benzene rings is 2. The maximum Gasteiger partial charge on any atom is 0.123 e. The second-order valence-corrected chi connectivity index (χ2v) is 6.83. The molecule has 21 heavy (non-hydrogen) atoms. The topological polar surface area (TPSA) is 35.2 Å². The zero-order valence-electron chi connectivity index (χ0n) is 12.0. The molecule has 1 aliphatic heterocycles. The molecule has 3 rings (SSSR count). The van der Waals surface area contributed by atoms with Gasteiger partial charge in [0.25, 0.3) is 0 Å². The quantitative estimate of drug-likeness (QED) is 0.869. The fraction of sp³-hybridized carbons (Fsp3) is 0.294. The fourth-order valence-corrected chi connectivity index (χ4v) is 3.10. The first-order valence-electron chi connectivity index (χ1n) is 6.87. The van der Waals surface area contributed by atoms with Gasteiger partial charge in [-0.15, -0.1) is 0 Å². The second-order valence-electron chi connectivity index (χ2n) is 6.05. The minimum atomic E-state index is -0.308. The molecule has 0 aliphatic carbocycles. The Labute approximate surface area is 134 Å². The summed E-state index contributed by atoms with van der Waals surface area (Å²) in [5.41, 5.74) is 9.42. The molecular weight excluding hydrogens is 305 g/mol. The highest BCUT2D eigenvalue weighted by molar-refractivity contribution is 6.42. The predicted octanol–water partition coefficient (Wildman–Crippen LogP) is 4.71. The van der Waals surface area contributed by atoms with E-state index in [0.717, 1.165) is 16.9 Å². The number of halogens is 2. The van der Waals surface area contributed by atoms with Gasteiger partial charge in [-0.2, -0.15) is 0 Å². The van der Waals surface area contributed by atoms with Crippen LogP contribution in [0.15, 0.2) is 36.4 Å². The van der Waals surface area contributed by atoms with Crippen LogP contribution in [0.25, 0.3) is 0 Å². The molecule has 0 amide bonds. The summed E-state index contributed by atoms with van der Waals surface area (Å²) in [4.78, 5) is 0. The molecule has 2 aromatic rings. The Bertz CT molecular complexity index is 697. The van der Waals surface area contributed by atoms with E-state index in [9.17, 15) is 0 Å². The molecule has 1 aliphatic rings. The van der Waals surface area contributed by atoms with Gasteiger partial charge >= 0.3 is 0 Å². The Hall–Kier alpha value is -1.22. The molecule has 2 aromatic carbocycles. The lowest BCUT2D eigenvalue weighted by atomic mass is 9.85. The first kappa shape index (κ1) is 14.7. The third kappa shape index (κ3) is 2.52. The fourth-order valence-electron chi connectivity index (χ4n) is 2.67. The summed E-state index contributed by atoms with van der Waals surface area (Å²) in [5, 5.41) is 1.04. The smallest absolute Gasteiger partial charge is 0.123 e. The zero-order chi connectivity index (χ0) is 15.2. The largest absolute Gasteiger partial charge is 0.492 e. The van der Waals surface area contributed by atoms with Gasteiger partial charge in [0, 0.05) is 11.0 Å². The predicted molar refractivity (Wildman–Crippen MR) is 87.5 cm³/mol. The van der Waals surface area contributed by atoms with Crippen LogP contribution in [0.3, 0.4) is 0 Å². The molecule has 0 saturated carbocycles. The van der Waals surface area contributed by atoms with E-state index in [2.05, 4.69) is 19.9 Å². The molecule has 110 valence electrons. The average Bonchev–Trinajstić information content (AvgIpc) is 2.76. The zero-order valence-corrected chi connectivity index (χ0v) is 13.5. The van der Waals surface area contributed by atoms with Crippen molar-refractivity contribution in [2.24, 2.45) is 5.73 Å². The van der Waals surface area contributed by atoms with Crippen LogP contribution in [0.4, 0.5) is 0 Å². The summed E-state index contributed by atoms with van der Waals surface area (Å²) in [7, 11) is 0. The van der Waals surface area contributed by atoms with Crippen LogP contribution < -0.4 is 10.5 Å². The van der Waals surface area contributed by atoms with Crippen molar-refractivity contribution in [2.75, 3.05) is 6.61 Å². The molecule has 0 spiro atoms. The van der Waals surface area contributed by atoms with E-state index in [1.54, 1.807) is 6.07 Å². The second kappa shape index (κ2) is 5.20. The molecular formula is C17H17Cl2NO. The molecule has 4 heteroatoms. The Morgan fingerprint density at radius 1 is 1.19 bits per heavy atom. The van der Waals surface area contributed by atoms with Crippen LogP contribution in [0, 0.1) is 0 Å². The summed E-state index contributed by atoms with van der Waals surface area (Å²) in [5.74, 6) is 0.938. The normalized spacial score (nSPS) is 17.2. The number of hydrogen-bond acceptors (Lipinski definition) is 2. The Kier molecular flexibility index (Phi) is 3.64. The first-order valence-corrected chi connectivity index (χ1v) is 7.62. The highest BCUT2D eigenvalue weighted by Crippen LogP contribution is 2.40. The van der Waals surface area contributed by atoms with Crippen molar-refractivity contribution in [3.8, 4) is 5.75 Å². The maximum absolute atomic E-state index is 6.38. The summed E-state index contributed by atoms with van der Waals surface area (Å²) in [6.07, 6.45) is 0. The van der Waals surface area contributed by atoms with Gasteiger partial charge < -0.3 is 10.5 Å². The molecule has 0 bridgehead atoms. The van der Waals surface area contributed by atoms with Gasteiger partial charge in [0.15, 0.2) is 0 Å². The lowest BCUT2D eigenvalue weighted by Gasteiger charge is -2.19. The van der Waals surface area contributed by atoms with Crippen molar-refractivity contribution in [3.63, 3.8) is 0 Å². The van der Waals surface area contributed by atoms with Crippen LogP contribution in [0.2, 0.25) is 10.0 Å². The van der Waals surface area contributed by atoms with Crippen LogP contribution in [-0.4, -0.2) is 6.61 Å². The monoisotopic (exact) mass is 321 g/mol. The summed E-state index contributed by atoms with van der Waals surface area (Å²) in [6.45, 7) is 5.03. The summed E-state index contributed by atoms with van der Waals surface area (Å²) < 4.78 is 5.71. The van der Waals surface area contributed by atoms with E-state index in [0.29, 0.717) is 16.7 Å². The number of rotatable bonds is 2. The highest BCUT2D eigenvalue weighted by Gasteiger charge is 2.32. The van der Waals surface area contributed by atoms with Crippen molar-refractivity contribution in [1.29, 1.82) is 0 Å². The molecule has 0 saturated heterocycles. The molecule has 1 heterocycles. The van der Waals surface area contributed by atoms with Gasteiger partial charge in [-0.25, -0.2) is 0 Å². The SMILES string of the molecule is CC1(C)COc2ccc(C(N)c3cccc(Cl)c3Cl)cc21.